The van der Waals surface area contributed by atoms with Gasteiger partial charge in [-0.15, -0.1) is 6.58 Å². The fourth-order valence-corrected chi connectivity index (χ4v) is 1.77. The molecule has 0 aromatic heterocycles. The molecule has 2 rings (SSSR count). The van der Waals surface area contributed by atoms with Gasteiger partial charge >= 0.3 is 0 Å². The quantitative estimate of drug-likeness (QED) is 0.654. The van der Waals surface area contributed by atoms with Crippen LogP contribution >= 0.6 is 0 Å². The third-order valence-electron chi connectivity index (χ3n) is 2.39. The van der Waals surface area contributed by atoms with Gasteiger partial charge in [0.25, 0.3) is 0 Å². The van der Waals surface area contributed by atoms with Crippen LogP contribution in [0.5, 0.6) is 0 Å². The van der Waals surface area contributed by atoms with Crippen LogP contribution in [0.15, 0.2) is 36.9 Å². The molecule has 1 aliphatic rings. The van der Waals surface area contributed by atoms with Crippen molar-refractivity contribution < 1.29 is 0 Å². The van der Waals surface area contributed by atoms with Crippen molar-refractivity contribution in [3.8, 4) is 0 Å². The van der Waals surface area contributed by atoms with Crippen LogP contribution in [0.1, 0.15) is 17.9 Å². The van der Waals surface area contributed by atoms with Crippen molar-refractivity contribution in [3.63, 3.8) is 0 Å². The van der Waals surface area contributed by atoms with E-state index in [-0.39, 0.29) is 0 Å². The van der Waals surface area contributed by atoms with Crippen molar-refractivity contribution in [2.45, 2.75) is 12.3 Å². The van der Waals surface area contributed by atoms with Crippen molar-refractivity contribution in [1.29, 1.82) is 0 Å². The highest BCUT2D eigenvalue weighted by atomic mass is 14.9. The Morgan fingerprint density at radius 3 is 3.17 bits per heavy atom. The van der Waals surface area contributed by atoms with E-state index in [2.05, 4.69) is 36.2 Å². The molecule has 1 heterocycles. The summed E-state index contributed by atoms with van der Waals surface area (Å²) in [6.07, 6.45) is 3.07. The molecule has 0 saturated heterocycles. The minimum absolute atomic E-state index is 0.638. The van der Waals surface area contributed by atoms with Crippen LogP contribution in [0.25, 0.3) is 0 Å². The first-order valence-corrected chi connectivity index (χ1v) is 4.35. The maximum absolute atomic E-state index is 3.77. The molecule has 0 saturated carbocycles. The van der Waals surface area contributed by atoms with Gasteiger partial charge in [-0.05, 0) is 18.1 Å². The number of anilines is 1. The van der Waals surface area contributed by atoms with E-state index < -0.39 is 0 Å². The van der Waals surface area contributed by atoms with Crippen molar-refractivity contribution in [2.24, 2.45) is 0 Å². The van der Waals surface area contributed by atoms with E-state index >= 15 is 0 Å². The fraction of sp³-hybridized carbons (Fsp3) is 0.273. The monoisotopic (exact) mass is 159 g/mol. The number of fused-ring (bicyclic) bond motifs is 1. The van der Waals surface area contributed by atoms with Gasteiger partial charge in [-0.1, -0.05) is 24.3 Å². The molecule has 0 spiro atoms. The van der Waals surface area contributed by atoms with E-state index in [0.717, 1.165) is 13.0 Å². The Morgan fingerprint density at radius 1 is 1.50 bits per heavy atom. The fourth-order valence-electron chi connectivity index (χ4n) is 1.77. The lowest BCUT2D eigenvalue weighted by Gasteiger charge is -2.04. The maximum Gasteiger partial charge on any atom is 0.0376 e. The van der Waals surface area contributed by atoms with Gasteiger partial charge in [0.2, 0.25) is 0 Å². The van der Waals surface area contributed by atoms with Crippen LogP contribution in [0.2, 0.25) is 0 Å². The van der Waals surface area contributed by atoms with Crippen molar-refractivity contribution >= 4 is 5.69 Å². The second-order valence-electron chi connectivity index (χ2n) is 3.19. The molecular formula is C11H13N. The first-order chi connectivity index (χ1) is 5.92. The highest BCUT2D eigenvalue weighted by Gasteiger charge is 2.19. The molecular weight excluding hydrogens is 146 g/mol. The van der Waals surface area contributed by atoms with Gasteiger partial charge in [0.1, 0.15) is 0 Å². The van der Waals surface area contributed by atoms with Gasteiger partial charge in [0.05, 0.1) is 0 Å². The molecule has 1 heteroatoms. The Labute approximate surface area is 73.1 Å². The number of benzene rings is 1. The number of para-hydroxylation sites is 1. The molecule has 1 nitrogen and oxygen atoms in total. The largest absolute Gasteiger partial charge is 0.384 e. The summed E-state index contributed by atoms with van der Waals surface area (Å²) in [5.74, 6) is 0.638. The molecule has 12 heavy (non-hydrogen) atoms. The highest BCUT2D eigenvalue weighted by Crippen LogP contribution is 2.32. The van der Waals surface area contributed by atoms with Crippen LogP contribution in [0.3, 0.4) is 0 Å². The van der Waals surface area contributed by atoms with Crippen LogP contribution in [0.4, 0.5) is 5.69 Å². The Kier molecular flexibility index (Phi) is 1.86. The average Bonchev–Trinajstić information content (AvgIpc) is 2.50. The third kappa shape index (κ3) is 1.11. The van der Waals surface area contributed by atoms with E-state index in [1.807, 2.05) is 6.08 Å². The van der Waals surface area contributed by atoms with Crippen LogP contribution in [0, 0.1) is 0 Å². The van der Waals surface area contributed by atoms with Gasteiger partial charge < -0.3 is 5.32 Å². The van der Waals surface area contributed by atoms with Gasteiger partial charge in [-0.3, -0.25) is 0 Å². The third-order valence-corrected chi connectivity index (χ3v) is 2.39. The Balaban J connectivity index is 2.29. The Bertz CT molecular complexity index is 291. The van der Waals surface area contributed by atoms with E-state index in [0.29, 0.717) is 5.92 Å². The number of allylic oxidation sites excluding steroid dienone is 1. The zero-order valence-corrected chi connectivity index (χ0v) is 7.09. The summed E-state index contributed by atoms with van der Waals surface area (Å²) in [5.41, 5.74) is 2.74. The standard InChI is InChI=1S/C11H13N/c1-2-5-9-8-12-11-7-4-3-6-10(9)11/h2-4,6-7,9,12H,1,5,8H2. The summed E-state index contributed by atoms with van der Waals surface area (Å²) in [6, 6.07) is 8.51. The van der Waals surface area contributed by atoms with Gasteiger partial charge in [-0.2, -0.15) is 0 Å². The second kappa shape index (κ2) is 3.02. The van der Waals surface area contributed by atoms with Crippen molar-refractivity contribution in [3.05, 3.63) is 42.5 Å². The Hall–Kier alpha value is -1.24. The topological polar surface area (TPSA) is 12.0 Å². The van der Waals surface area contributed by atoms with E-state index in [4.69, 9.17) is 0 Å². The number of hydrogen-bond donors (Lipinski definition) is 1. The molecule has 0 amide bonds. The van der Waals surface area contributed by atoms with Gasteiger partial charge in [0, 0.05) is 18.2 Å². The molecule has 1 aliphatic heterocycles. The summed E-state index contributed by atoms with van der Waals surface area (Å²) in [4.78, 5) is 0. The first kappa shape index (κ1) is 7.41. The molecule has 1 unspecified atom stereocenters. The predicted octanol–water partition coefficient (Wildman–Crippen LogP) is 2.77. The van der Waals surface area contributed by atoms with E-state index in [1.165, 1.54) is 11.3 Å². The summed E-state index contributed by atoms with van der Waals surface area (Å²) in [5, 5.41) is 3.39. The van der Waals surface area contributed by atoms with E-state index in [1.54, 1.807) is 0 Å². The first-order valence-electron chi connectivity index (χ1n) is 4.35. The van der Waals surface area contributed by atoms with Crippen molar-refractivity contribution in [2.75, 3.05) is 11.9 Å². The van der Waals surface area contributed by atoms with Gasteiger partial charge in [0.15, 0.2) is 0 Å². The van der Waals surface area contributed by atoms with E-state index in [9.17, 15) is 0 Å². The molecule has 0 bridgehead atoms. The SMILES string of the molecule is C=CCC1CNc2ccccc21. The number of hydrogen-bond acceptors (Lipinski definition) is 1. The molecule has 0 aliphatic carbocycles. The maximum atomic E-state index is 3.77. The zero-order chi connectivity index (χ0) is 8.39. The molecule has 1 aromatic carbocycles. The minimum atomic E-state index is 0.638. The molecule has 1 N–H and O–H groups in total. The summed E-state index contributed by atoms with van der Waals surface area (Å²) in [7, 11) is 0. The van der Waals surface area contributed by atoms with Crippen LogP contribution < -0.4 is 5.32 Å². The average molecular weight is 159 g/mol. The van der Waals surface area contributed by atoms with Gasteiger partial charge in [-0.25, -0.2) is 0 Å². The minimum Gasteiger partial charge on any atom is -0.384 e. The summed E-state index contributed by atoms with van der Waals surface area (Å²) < 4.78 is 0. The lowest BCUT2D eigenvalue weighted by Crippen LogP contribution is -1.99. The number of nitrogens with one attached hydrogen (secondary N) is 1. The smallest absolute Gasteiger partial charge is 0.0376 e. The molecule has 1 aromatic rings. The Morgan fingerprint density at radius 2 is 2.33 bits per heavy atom. The lowest BCUT2D eigenvalue weighted by atomic mass is 9.98. The molecule has 0 radical (unpaired) electrons. The summed E-state index contributed by atoms with van der Waals surface area (Å²) in [6.45, 7) is 4.83. The van der Waals surface area contributed by atoms with Crippen LogP contribution in [-0.2, 0) is 0 Å². The second-order valence-corrected chi connectivity index (χ2v) is 3.19. The molecule has 1 atom stereocenters. The molecule has 0 fully saturated rings. The van der Waals surface area contributed by atoms with Crippen molar-refractivity contribution in [1.82, 2.24) is 0 Å². The normalized spacial score (nSPS) is 19.8. The lowest BCUT2D eigenvalue weighted by molar-refractivity contribution is 0.774. The van der Waals surface area contributed by atoms with Crippen LogP contribution in [-0.4, -0.2) is 6.54 Å². The summed E-state index contributed by atoms with van der Waals surface area (Å²) >= 11 is 0. The zero-order valence-electron chi connectivity index (χ0n) is 7.09. The molecule has 62 valence electrons. The number of rotatable bonds is 2. The highest BCUT2D eigenvalue weighted by molar-refractivity contribution is 5.57. The predicted molar refractivity (Wildman–Crippen MR) is 52.5 cm³/mol.